The van der Waals surface area contributed by atoms with Crippen molar-refractivity contribution in [2.24, 2.45) is 11.1 Å². The predicted molar refractivity (Wildman–Crippen MR) is 47.2 cm³/mol. The Morgan fingerprint density at radius 3 is 2.55 bits per heavy atom. The van der Waals surface area contributed by atoms with Gasteiger partial charge in [-0.3, -0.25) is 4.79 Å². The lowest BCUT2D eigenvalue weighted by atomic mass is 9.88. The highest BCUT2D eigenvalue weighted by atomic mass is 35.5. The molecule has 0 unspecified atom stereocenters. The lowest BCUT2D eigenvalue weighted by Crippen LogP contribution is -2.15. The van der Waals surface area contributed by atoms with E-state index in [1.54, 1.807) is 0 Å². The first-order valence-electron chi connectivity index (χ1n) is 3.54. The summed E-state index contributed by atoms with van der Waals surface area (Å²) < 4.78 is 0. The zero-order valence-electron chi connectivity index (χ0n) is 6.93. The Balaban J connectivity index is 3.82. The van der Waals surface area contributed by atoms with Crippen molar-refractivity contribution >= 4 is 17.5 Å². The van der Waals surface area contributed by atoms with Crippen molar-refractivity contribution in [2.75, 3.05) is 0 Å². The van der Waals surface area contributed by atoms with Crippen LogP contribution in [0.4, 0.5) is 0 Å². The zero-order valence-corrected chi connectivity index (χ0v) is 7.69. The Kier molecular flexibility index (Phi) is 4.19. The molecule has 64 valence electrons. The number of allylic oxidation sites excluding steroid dienone is 1. The molecule has 0 saturated heterocycles. The van der Waals surface area contributed by atoms with Crippen LogP contribution in [0.5, 0.6) is 0 Å². The summed E-state index contributed by atoms with van der Waals surface area (Å²) in [6.45, 7) is 4.02. The summed E-state index contributed by atoms with van der Waals surface area (Å²) in [5.41, 5.74) is 6.44. The fourth-order valence-electron chi connectivity index (χ4n) is 0.699. The molecule has 2 nitrogen and oxygen atoms in total. The molecular weight excluding hydrogens is 162 g/mol. The number of nitrogens with two attached hydrogens (primary N) is 1. The van der Waals surface area contributed by atoms with E-state index in [1.165, 1.54) is 5.54 Å². The standard InChI is InChI=1S/C8H14ClNO/c1-8(2,5-6-9)4-3-7(10)11/h5-6H,3-4H2,1-2H3,(H2,10,11)/b6-5+. The zero-order chi connectivity index (χ0) is 8.91. The van der Waals surface area contributed by atoms with Crippen LogP contribution in [0, 0.1) is 5.41 Å². The molecule has 0 aromatic carbocycles. The maximum atomic E-state index is 10.4. The Bertz CT molecular complexity index is 163. The van der Waals surface area contributed by atoms with Gasteiger partial charge in [0.1, 0.15) is 0 Å². The first-order chi connectivity index (χ1) is 4.98. The van der Waals surface area contributed by atoms with Gasteiger partial charge in [-0.05, 0) is 11.8 Å². The monoisotopic (exact) mass is 175 g/mol. The summed E-state index contributed by atoms with van der Waals surface area (Å²) in [6.07, 6.45) is 3.01. The smallest absolute Gasteiger partial charge is 0.217 e. The van der Waals surface area contributed by atoms with Crippen molar-refractivity contribution < 1.29 is 4.79 Å². The van der Waals surface area contributed by atoms with Gasteiger partial charge >= 0.3 is 0 Å². The second kappa shape index (κ2) is 4.39. The normalized spacial score (nSPS) is 12.3. The second-order valence-corrected chi connectivity index (χ2v) is 3.50. The average molecular weight is 176 g/mol. The van der Waals surface area contributed by atoms with E-state index in [0.29, 0.717) is 6.42 Å². The van der Waals surface area contributed by atoms with Gasteiger partial charge in [0.25, 0.3) is 0 Å². The molecule has 0 atom stereocenters. The number of halogens is 1. The van der Waals surface area contributed by atoms with E-state index < -0.39 is 0 Å². The number of carbonyl (C=O) groups is 1. The highest BCUT2D eigenvalue weighted by molar-refractivity contribution is 6.25. The van der Waals surface area contributed by atoms with Gasteiger partial charge in [-0.15, -0.1) is 0 Å². The van der Waals surface area contributed by atoms with Crippen molar-refractivity contribution in [3.8, 4) is 0 Å². The summed E-state index contributed by atoms with van der Waals surface area (Å²) in [5, 5.41) is 0. The van der Waals surface area contributed by atoms with Crippen LogP contribution in [-0.4, -0.2) is 5.91 Å². The van der Waals surface area contributed by atoms with E-state index in [9.17, 15) is 4.79 Å². The molecule has 0 bridgehead atoms. The third-order valence-corrected chi connectivity index (χ3v) is 1.66. The molecule has 0 aromatic rings. The fourth-order valence-corrected chi connectivity index (χ4v) is 1.04. The van der Waals surface area contributed by atoms with E-state index in [0.717, 1.165) is 6.42 Å². The molecule has 2 N–H and O–H groups in total. The number of carbonyl (C=O) groups excluding carboxylic acids is 1. The molecule has 1 amide bonds. The summed E-state index contributed by atoms with van der Waals surface area (Å²) in [4.78, 5) is 10.4. The highest BCUT2D eigenvalue weighted by Crippen LogP contribution is 2.23. The van der Waals surface area contributed by atoms with Gasteiger partial charge in [0, 0.05) is 12.0 Å². The average Bonchev–Trinajstić information content (AvgIpc) is 1.84. The van der Waals surface area contributed by atoms with Gasteiger partial charge in [0.15, 0.2) is 0 Å². The Morgan fingerprint density at radius 1 is 1.64 bits per heavy atom. The van der Waals surface area contributed by atoms with E-state index in [2.05, 4.69) is 0 Å². The van der Waals surface area contributed by atoms with Crippen molar-refractivity contribution in [2.45, 2.75) is 26.7 Å². The maximum absolute atomic E-state index is 10.4. The number of hydrogen-bond donors (Lipinski definition) is 1. The van der Waals surface area contributed by atoms with Gasteiger partial charge in [-0.1, -0.05) is 31.5 Å². The third kappa shape index (κ3) is 5.92. The number of amides is 1. The summed E-state index contributed by atoms with van der Waals surface area (Å²) >= 11 is 5.40. The number of primary amides is 1. The van der Waals surface area contributed by atoms with E-state index >= 15 is 0 Å². The molecule has 0 rings (SSSR count). The maximum Gasteiger partial charge on any atom is 0.217 e. The minimum atomic E-state index is -0.263. The van der Waals surface area contributed by atoms with E-state index in [4.69, 9.17) is 17.3 Å². The van der Waals surface area contributed by atoms with Crippen molar-refractivity contribution in [3.05, 3.63) is 11.6 Å². The molecule has 3 heteroatoms. The van der Waals surface area contributed by atoms with Crippen LogP contribution in [-0.2, 0) is 4.79 Å². The first kappa shape index (κ1) is 10.5. The molecule has 0 radical (unpaired) electrons. The SMILES string of the molecule is CC(C)(/C=C/Cl)CCC(N)=O. The Labute approximate surface area is 72.4 Å². The molecule has 11 heavy (non-hydrogen) atoms. The minimum Gasteiger partial charge on any atom is -0.370 e. The van der Waals surface area contributed by atoms with Crippen LogP contribution < -0.4 is 5.73 Å². The molecule has 0 fully saturated rings. The molecule has 0 aliphatic carbocycles. The van der Waals surface area contributed by atoms with Gasteiger partial charge < -0.3 is 5.73 Å². The van der Waals surface area contributed by atoms with Crippen LogP contribution in [0.15, 0.2) is 11.6 Å². The molecule has 0 aromatic heterocycles. The summed E-state index contributed by atoms with van der Waals surface area (Å²) in [5.74, 6) is -0.263. The Morgan fingerprint density at radius 2 is 2.18 bits per heavy atom. The van der Waals surface area contributed by atoms with Crippen molar-refractivity contribution in [3.63, 3.8) is 0 Å². The van der Waals surface area contributed by atoms with Crippen LogP contribution in [0.1, 0.15) is 26.7 Å². The number of hydrogen-bond acceptors (Lipinski definition) is 1. The molecule has 0 aliphatic rings. The largest absolute Gasteiger partial charge is 0.370 e. The van der Waals surface area contributed by atoms with Crippen molar-refractivity contribution in [1.82, 2.24) is 0 Å². The Hall–Kier alpha value is -0.500. The molecular formula is C8H14ClNO. The van der Waals surface area contributed by atoms with E-state index in [-0.39, 0.29) is 11.3 Å². The quantitative estimate of drug-likeness (QED) is 0.698. The second-order valence-electron chi connectivity index (χ2n) is 3.25. The fraction of sp³-hybridized carbons (Fsp3) is 0.625. The summed E-state index contributed by atoms with van der Waals surface area (Å²) in [7, 11) is 0. The van der Waals surface area contributed by atoms with Gasteiger partial charge in [0.2, 0.25) is 5.91 Å². The minimum absolute atomic E-state index is 0.0310. The lowest BCUT2D eigenvalue weighted by molar-refractivity contribution is -0.118. The summed E-state index contributed by atoms with van der Waals surface area (Å²) in [6, 6.07) is 0. The molecule has 0 heterocycles. The molecule has 0 spiro atoms. The van der Waals surface area contributed by atoms with Gasteiger partial charge in [-0.2, -0.15) is 0 Å². The first-order valence-corrected chi connectivity index (χ1v) is 3.98. The number of rotatable bonds is 4. The molecule has 0 aliphatic heterocycles. The van der Waals surface area contributed by atoms with Crippen LogP contribution in [0.25, 0.3) is 0 Å². The highest BCUT2D eigenvalue weighted by Gasteiger charge is 2.14. The van der Waals surface area contributed by atoms with Crippen LogP contribution in [0.3, 0.4) is 0 Å². The topological polar surface area (TPSA) is 43.1 Å². The van der Waals surface area contributed by atoms with Gasteiger partial charge in [0.05, 0.1) is 0 Å². The van der Waals surface area contributed by atoms with Crippen molar-refractivity contribution in [1.29, 1.82) is 0 Å². The predicted octanol–water partition coefficient (Wildman–Crippen LogP) is 2.03. The molecule has 0 saturated carbocycles. The third-order valence-electron chi connectivity index (χ3n) is 1.53. The van der Waals surface area contributed by atoms with E-state index in [1.807, 2.05) is 19.9 Å². The lowest BCUT2D eigenvalue weighted by Gasteiger charge is -2.17. The van der Waals surface area contributed by atoms with Crippen LogP contribution >= 0.6 is 11.6 Å². The van der Waals surface area contributed by atoms with Gasteiger partial charge in [-0.25, -0.2) is 0 Å². The van der Waals surface area contributed by atoms with Crippen LogP contribution in [0.2, 0.25) is 0 Å².